The van der Waals surface area contributed by atoms with Gasteiger partial charge < -0.3 is 0 Å². The van der Waals surface area contributed by atoms with Gasteiger partial charge in [-0.05, 0) is 209 Å². The molecule has 0 atom stereocenters. The summed E-state index contributed by atoms with van der Waals surface area (Å²) >= 11 is 0. The molecule has 260 valence electrons. The van der Waals surface area contributed by atoms with E-state index in [2.05, 4.69) is 124 Å². The SMILES string of the molecule is Cc1cc(C#N)ccc1-c1cc2c3cc4c(cc3c(-c3ccc(C#N)cc3C)cc2c2ccc(C#N)cc12)-c1cccc2c(-c3c(C)cccc3C)ccc-4c12. The van der Waals surface area contributed by atoms with Crippen molar-refractivity contribution in [1.82, 2.24) is 0 Å². The van der Waals surface area contributed by atoms with Crippen molar-refractivity contribution < 1.29 is 0 Å². The maximum atomic E-state index is 10.0. The fraction of sp³-hybridized carbons (Fsp3) is 0.0755. The zero-order chi connectivity index (χ0) is 38.4. The Hall–Kier alpha value is -7.51. The van der Waals surface area contributed by atoms with Crippen LogP contribution in [-0.2, 0) is 0 Å². The largest absolute Gasteiger partial charge is 0.192 e. The number of nitrogens with zero attached hydrogens (tertiary/aromatic N) is 3. The van der Waals surface area contributed by atoms with E-state index in [1.54, 1.807) is 0 Å². The first kappa shape index (κ1) is 33.1. The standard InChI is InChI=1S/C53H33N3/c1-29-7-5-8-30(2)52(29)41-17-18-42-48-25-51-49(24-47(48)40-10-6-9-39(41)53(40)42)45(37-15-12-34(27-55)20-32(37)4)22-46-38-16-13-35(28-56)21-43(38)44(23-50(46)51)36-14-11-33(26-54)19-31(36)3/h5-25H,1-4H3. The summed E-state index contributed by atoms with van der Waals surface area (Å²) in [5.41, 5.74) is 18.1. The predicted molar refractivity (Wildman–Crippen MR) is 230 cm³/mol. The Morgan fingerprint density at radius 3 is 1.36 bits per heavy atom. The molecule has 0 aromatic heterocycles. The molecule has 56 heavy (non-hydrogen) atoms. The Bertz CT molecular complexity index is 3360. The Morgan fingerprint density at radius 2 is 0.750 bits per heavy atom. The first-order chi connectivity index (χ1) is 27.3. The van der Waals surface area contributed by atoms with Crippen LogP contribution in [0.1, 0.15) is 38.9 Å². The normalized spacial score (nSPS) is 11.5. The molecule has 0 N–H and O–H groups in total. The van der Waals surface area contributed by atoms with Crippen LogP contribution >= 0.6 is 0 Å². The van der Waals surface area contributed by atoms with E-state index < -0.39 is 0 Å². The fourth-order valence-corrected chi connectivity index (χ4v) is 9.44. The van der Waals surface area contributed by atoms with Crippen molar-refractivity contribution in [3.63, 3.8) is 0 Å². The molecule has 0 fully saturated rings. The van der Waals surface area contributed by atoms with Gasteiger partial charge in [0.05, 0.1) is 34.9 Å². The molecule has 9 aromatic carbocycles. The average molecular weight is 712 g/mol. The molecule has 0 amide bonds. The van der Waals surface area contributed by atoms with Gasteiger partial charge >= 0.3 is 0 Å². The first-order valence-corrected chi connectivity index (χ1v) is 18.8. The van der Waals surface area contributed by atoms with E-state index >= 15 is 0 Å². The molecule has 0 unspecified atom stereocenters. The molecule has 3 heteroatoms. The van der Waals surface area contributed by atoms with Gasteiger partial charge in [-0.1, -0.05) is 66.7 Å². The number of fused-ring (bicyclic) bond motifs is 8. The lowest BCUT2D eigenvalue weighted by molar-refractivity contribution is 1.38. The van der Waals surface area contributed by atoms with Gasteiger partial charge in [-0.3, -0.25) is 0 Å². The minimum atomic E-state index is 0.595. The van der Waals surface area contributed by atoms with Gasteiger partial charge in [0, 0.05) is 0 Å². The summed E-state index contributed by atoms with van der Waals surface area (Å²) in [5.74, 6) is 0. The van der Waals surface area contributed by atoms with Crippen molar-refractivity contribution in [3.05, 3.63) is 166 Å². The third kappa shape index (κ3) is 4.74. The molecule has 0 saturated heterocycles. The Morgan fingerprint density at radius 1 is 0.304 bits per heavy atom. The van der Waals surface area contributed by atoms with Gasteiger partial charge in [0.2, 0.25) is 0 Å². The highest BCUT2D eigenvalue weighted by Crippen LogP contribution is 2.53. The topological polar surface area (TPSA) is 71.4 Å². The van der Waals surface area contributed by atoms with Crippen LogP contribution < -0.4 is 0 Å². The molecule has 10 rings (SSSR count). The summed E-state index contributed by atoms with van der Waals surface area (Å²) in [7, 11) is 0. The second kappa shape index (κ2) is 12.3. The number of aryl methyl sites for hydroxylation is 4. The van der Waals surface area contributed by atoms with Crippen LogP contribution in [0.25, 0.3) is 98.7 Å². The summed E-state index contributed by atoms with van der Waals surface area (Å²) in [4.78, 5) is 0. The molecule has 9 aromatic rings. The fourth-order valence-electron chi connectivity index (χ4n) is 9.44. The quantitative estimate of drug-likeness (QED) is 0.171. The van der Waals surface area contributed by atoms with Crippen LogP contribution in [0.2, 0.25) is 0 Å². The van der Waals surface area contributed by atoms with Crippen LogP contribution in [0, 0.1) is 61.7 Å². The summed E-state index contributed by atoms with van der Waals surface area (Å²) in [6, 6.07) is 52.0. The molecule has 0 radical (unpaired) electrons. The summed E-state index contributed by atoms with van der Waals surface area (Å²) < 4.78 is 0. The van der Waals surface area contributed by atoms with Crippen LogP contribution in [0.15, 0.2) is 127 Å². The van der Waals surface area contributed by atoms with Gasteiger partial charge in [0.1, 0.15) is 0 Å². The maximum Gasteiger partial charge on any atom is 0.0991 e. The van der Waals surface area contributed by atoms with E-state index in [4.69, 9.17) is 0 Å². The molecule has 1 aliphatic rings. The molecular weight excluding hydrogens is 679 g/mol. The van der Waals surface area contributed by atoms with Gasteiger partial charge in [0.15, 0.2) is 0 Å². The second-order valence-electron chi connectivity index (χ2n) is 15.2. The molecule has 1 aliphatic carbocycles. The van der Waals surface area contributed by atoms with Crippen molar-refractivity contribution in [2.75, 3.05) is 0 Å². The molecular formula is C53H33N3. The second-order valence-corrected chi connectivity index (χ2v) is 15.2. The lowest BCUT2D eigenvalue weighted by Gasteiger charge is -2.19. The Balaban J connectivity index is 1.35. The molecule has 0 bridgehead atoms. The van der Waals surface area contributed by atoms with Crippen LogP contribution in [0.5, 0.6) is 0 Å². The number of hydrogen-bond donors (Lipinski definition) is 0. The van der Waals surface area contributed by atoms with Gasteiger partial charge in [-0.2, -0.15) is 15.8 Å². The van der Waals surface area contributed by atoms with E-state index in [9.17, 15) is 15.8 Å². The van der Waals surface area contributed by atoms with Crippen LogP contribution in [-0.4, -0.2) is 0 Å². The molecule has 0 saturated carbocycles. The van der Waals surface area contributed by atoms with E-state index in [0.717, 1.165) is 65.7 Å². The third-order valence-electron chi connectivity index (χ3n) is 12.0. The Labute approximate surface area is 325 Å². The van der Waals surface area contributed by atoms with Crippen LogP contribution in [0.3, 0.4) is 0 Å². The number of hydrogen-bond acceptors (Lipinski definition) is 3. The smallest absolute Gasteiger partial charge is 0.0991 e. The van der Waals surface area contributed by atoms with Crippen molar-refractivity contribution in [2.24, 2.45) is 0 Å². The molecule has 0 heterocycles. The third-order valence-corrected chi connectivity index (χ3v) is 12.0. The van der Waals surface area contributed by atoms with Crippen LogP contribution in [0.4, 0.5) is 0 Å². The lowest BCUT2D eigenvalue weighted by Crippen LogP contribution is -1.93. The highest BCUT2D eigenvalue weighted by molar-refractivity contribution is 6.27. The first-order valence-electron chi connectivity index (χ1n) is 18.8. The molecule has 3 nitrogen and oxygen atoms in total. The van der Waals surface area contributed by atoms with Crippen molar-refractivity contribution >= 4 is 43.1 Å². The highest BCUT2D eigenvalue weighted by atomic mass is 14.3. The molecule has 0 aliphatic heterocycles. The summed E-state index contributed by atoms with van der Waals surface area (Å²) in [5, 5.41) is 38.5. The zero-order valence-corrected chi connectivity index (χ0v) is 31.5. The van der Waals surface area contributed by atoms with Gasteiger partial charge in [0.25, 0.3) is 0 Å². The van der Waals surface area contributed by atoms with Crippen molar-refractivity contribution in [2.45, 2.75) is 27.7 Å². The van der Waals surface area contributed by atoms with Crippen molar-refractivity contribution in [1.29, 1.82) is 15.8 Å². The highest BCUT2D eigenvalue weighted by Gasteiger charge is 2.26. The summed E-state index contributed by atoms with van der Waals surface area (Å²) in [6.07, 6.45) is 0. The van der Waals surface area contributed by atoms with E-state index in [0.29, 0.717) is 16.7 Å². The summed E-state index contributed by atoms with van der Waals surface area (Å²) in [6.45, 7) is 8.53. The van der Waals surface area contributed by atoms with E-state index in [-0.39, 0.29) is 0 Å². The monoisotopic (exact) mass is 711 g/mol. The van der Waals surface area contributed by atoms with Crippen molar-refractivity contribution in [3.8, 4) is 73.8 Å². The Kier molecular flexibility index (Phi) is 7.25. The van der Waals surface area contributed by atoms with E-state index in [1.807, 2.05) is 49.4 Å². The molecule has 0 spiro atoms. The minimum absolute atomic E-state index is 0.595. The zero-order valence-electron chi connectivity index (χ0n) is 31.5. The van der Waals surface area contributed by atoms with Gasteiger partial charge in [-0.15, -0.1) is 0 Å². The minimum Gasteiger partial charge on any atom is -0.192 e. The van der Waals surface area contributed by atoms with E-state index in [1.165, 1.54) is 55.3 Å². The maximum absolute atomic E-state index is 10.0. The average Bonchev–Trinajstić information content (AvgIpc) is 3.53. The number of rotatable bonds is 3. The predicted octanol–water partition coefficient (Wildman–Crippen LogP) is 13.8. The van der Waals surface area contributed by atoms with Gasteiger partial charge in [-0.25, -0.2) is 0 Å². The number of benzene rings is 9. The number of nitriles is 3. The lowest BCUT2D eigenvalue weighted by atomic mass is 9.84.